The van der Waals surface area contributed by atoms with Crippen LogP contribution in [0.25, 0.3) is 0 Å². The van der Waals surface area contributed by atoms with Crippen molar-refractivity contribution in [1.29, 1.82) is 0 Å². The molecule has 0 aliphatic rings. The Morgan fingerprint density at radius 3 is 0.913 bits per heavy atom. The first-order chi connectivity index (χ1) is 11.2. The first-order valence-electron chi connectivity index (χ1n) is 7.17. The van der Waals surface area contributed by atoms with Crippen LogP contribution in [0, 0.1) is 39.0 Å². The van der Waals surface area contributed by atoms with E-state index in [9.17, 15) is 0 Å². The van der Waals surface area contributed by atoms with Gasteiger partial charge in [-0.2, -0.15) is 108 Å². The van der Waals surface area contributed by atoms with Crippen molar-refractivity contribution >= 4 is 9.30 Å². The van der Waals surface area contributed by atoms with Gasteiger partial charge in [0.2, 0.25) is 0 Å². The molecule has 0 aliphatic carbocycles. The molecule has 0 bridgehead atoms. The molecule has 0 heterocycles. The molecular weight excluding hydrogens is 336 g/mol. The summed E-state index contributed by atoms with van der Waals surface area (Å²) in [7, 11) is 4.64. The average molecular weight is 357 g/mol. The van der Waals surface area contributed by atoms with Gasteiger partial charge in [0.05, 0.1) is 0 Å². The molecular formula is C21H21ClTi. The summed E-state index contributed by atoms with van der Waals surface area (Å²) in [5.41, 5.74) is 3.59. The fraction of sp³-hybridized carbons (Fsp3) is 0.143. The molecule has 0 radical (unpaired) electrons. The van der Waals surface area contributed by atoms with Gasteiger partial charge in [-0.25, -0.2) is 0 Å². The van der Waals surface area contributed by atoms with Gasteiger partial charge in [-0.1, -0.05) is 20.8 Å². The number of hydrogen-bond acceptors (Lipinski definition) is 0. The van der Waals surface area contributed by atoms with Gasteiger partial charge in [0.25, 0.3) is 0 Å². The molecule has 0 fully saturated rings. The van der Waals surface area contributed by atoms with Crippen molar-refractivity contribution < 1.29 is 19.4 Å². The quantitative estimate of drug-likeness (QED) is 0.338. The normalized spacial score (nSPS) is 8.26. The van der Waals surface area contributed by atoms with E-state index in [0.717, 1.165) is 0 Å². The van der Waals surface area contributed by atoms with E-state index in [4.69, 9.17) is 0 Å². The van der Waals surface area contributed by atoms with Gasteiger partial charge in [0.1, 0.15) is 0 Å². The maximum atomic E-state index is 4.64. The molecule has 3 aromatic carbocycles. The summed E-state index contributed by atoms with van der Waals surface area (Å²) >= 11 is 1.47. The topological polar surface area (TPSA) is 0 Å². The molecule has 0 aliphatic heterocycles. The summed E-state index contributed by atoms with van der Waals surface area (Å²) in [6.45, 7) is 6.08. The Hall–Kier alpha value is -1.34. The molecule has 0 saturated carbocycles. The van der Waals surface area contributed by atoms with E-state index >= 15 is 0 Å². The maximum absolute atomic E-state index is 4.64. The van der Waals surface area contributed by atoms with Crippen LogP contribution in [0.1, 0.15) is 16.7 Å². The fourth-order valence-corrected chi connectivity index (χ4v) is 1.45. The van der Waals surface area contributed by atoms with E-state index in [-0.39, 0.29) is 0 Å². The van der Waals surface area contributed by atoms with Crippen LogP contribution in [-0.2, 0) is 19.4 Å². The molecule has 2 heteroatoms. The van der Waals surface area contributed by atoms with Crippen LogP contribution < -0.4 is 0 Å². The van der Waals surface area contributed by atoms with Crippen molar-refractivity contribution in [1.82, 2.24) is 0 Å². The van der Waals surface area contributed by atoms with E-state index in [1.54, 1.807) is 0 Å². The predicted octanol–water partition coefficient (Wildman–Crippen LogP) is 6.07. The van der Waals surface area contributed by atoms with E-state index in [0.29, 0.717) is 0 Å². The minimum absolute atomic E-state index is 1.20. The number of halogens is 1. The fourth-order valence-electron chi connectivity index (χ4n) is 1.45. The third-order valence-corrected chi connectivity index (χ3v) is 2.59. The molecule has 23 heavy (non-hydrogen) atoms. The van der Waals surface area contributed by atoms with Gasteiger partial charge >= 0.3 is 28.7 Å². The second-order valence-electron chi connectivity index (χ2n) is 4.64. The Labute approximate surface area is 156 Å². The van der Waals surface area contributed by atoms with Crippen molar-refractivity contribution in [3.8, 4) is 0 Å². The van der Waals surface area contributed by atoms with Crippen molar-refractivity contribution in [2.75, 3.05) is 0 Å². The van der Waals surface area contributed by atoms with Crippen LogP contribution in [0.2, 0.25) is 0 Å². The Bertz CT molecular complexity index is 491. The minimum atomic E-state index is 1.20. The van der Waals surface area contributed by atoms with Crippen LogP contribution in [-0.4, -0.2) is 0 Å². The van der Waals surface area contributed by atoms with Crippen molar-refractivity contribution in [3.63, 3.8) is 0 Å². The number of benzene rings is 3. The molecule has 0 unspecified atom stereocenters. The Morgan fingerprint density at radius 1 is 0.565 bits per heavy atom. The molecule has 0 atom stereocenters. The monoisotopic (exact) mass is 356 g/mol. The van der Waals surface area contributed by atoms with Crippen LogP contribution in [0.15, 0.2) is 72.8 Å². The average Bonchev–Trinajstić information content (AvgIpc) is 2.60. The molecule has 0 amide bonds. The summed E-state index contributed by atoms with van der Waals surface area (Å²) in [6, 6.07) is 32.8. The number of rotatable bonds is 0. The zero-order valence-corrected chi connectivity index (χ0v) is 16.1. The second kappa shape index (κ2) is 15.6. The third kappa shape index (κ3) is 14.0. The Morgan fingerprint density at radius 2 is 0.826 bits per heavy atom. The van der Waals surface area contributed by atoms with E-state index in [1.165, 1.54) is 36.1 Å². The standard InChI is InChI=1S/3C7H7.ClH.Ti/c3*1-7-5-3-2-4-6-7;;/h3*2-5H,1H3;1H;/q3*-1;;+4/p-1. The summed E-state index contributed by atoms with van der Waals surface area (Å²) < 4.78 is 0. The Balaban J connectivity index is 0.000000299. The molecule has 3 rings (SSSR count). The summed E-state index contributed by atoms with van der Waals surface area (Å²) in [5, 5.41) is 0. The summed E-state index contributed by atoms with van der Waals surface area (Å²) in [6.07, 6.45) is 0. The van der Waals surface area contributed by atoms with Gasteiger partial charge in [-0.3, -0.25) is 0 Å². The van der Waals surface area contributed by atoms with Crippen LogP contribution >= 0.6 is 9.30 Å². The number of hydrogen-bond donors (Lipinski definition) is 0. The van der Waals surface area contributed by atoms with Gasteiger partial charge in [0.15, 0.2) is 0 Å². The zero-order valence-electron chi connectivity index (χ0n) is 13.8. The first kappa shape index (κ1) is 21.7. The molecule has 0 aromatic heterocycles. The first-order valence-corrected chi connectivity index (χ1v) is 9.32. The van der Waals surface area contributed by atoms with Crippen molar-refractivity contribution in [2.45, 2.75) is 20.8 Å². The molecule has 0 nitrogen and oxygen atoms in total. The molecule has 0 saturated heterocycles. The van der Waals surface area contributed by atoms with Crippen LogP contribution in [0.5, 0.6) is 0 Å². The Kier molecular flexibility index (Phi) is 14.7. The van der Waals surface area contributed by atoms with Gasteiger partial charge in [-0.15, -0.1) is 0 Å². The summed E-state index contributed by atoms with van der Waals surface area (Å²) in [4.78, 5) is 0. The van der Waals surface area contributed by atoms with E-state index in [2.05, 4.69) is 27.5 Å². The number of aryl methyl sites for hydroxylation is 3. The molecule has 3 aromatic rings. The van der Waals surface area contributed by atoms with Crippen molar-refractivity contribution in [2.24, 2.45) is 0 Å². The molecule has 116 valence electrons. The third-order valence-electron chi connectivity index (χ3n) is 2.59. The van der Waals surface area contributed by atoms with Gasteiger partial charge < -0.3 is 0 Å². The summed E-state index contributed by atoms with van der Waals surface area (Å²) in [5.74, 6) is 0. The second-order valence-corrected chi connectivity index (χ2v) is 4.64. The molecule has 0 N–H and O–H groups in total. The SMILES string of the molecule is Cc1[c-]cccc1.Cc1[c-]cccc1.Cc1[c-]cccc1.[Cl][Ti+3]. The van der Waals surface area contributed by atoms with Crippen molar-refractivity contribution in [3.05, 3.63) is 108 Å². The van der Waals surface area contributed by atoms with Gasteiger partial charge in [0, 0.05) is 0 Å². The zero-order chi connectivity index (χ0) is 17.3. The van der Waals surface area contributed by atoms with Crippen LogP contribution in [0.4, 0.5) is 0 Å². The van der Waals surface area contributed by atoms with Gasteiger partial charge in [-0.05, 0) is 0 Å². The molecule has 0 spiro atoms. The van der Waals surface area contributed by atoms with E-state index < -0.39 is 0 Å². The predicted molar refractivity (Wildman–Crippen MR) is 95.9 cm³/mol. The van der Waals surface area contributed by atoms with E-state index in [1.807, 2.05) is 93.6 Å². The van der Waals surface area contributed by atoms with Crippen LogP contribution in [0.3, 0.4) is 0 Å².